The molecule has 1 aliphatic heterocycles. The SMILES string of the molecule is Cc1ocnc1C(=O)N1CCC[C@@H](n2cccn2)C1. The third kappa shape index (κ3) is 2.25. The van der Waals surface area contributed by atoms with Crippen LogP contribution in [0.3, 0.4) is 0 Å². The van der Waals surface area contributed by atoms with E-state index in [4.69, 9.17) is 4.42 Å². The van der Waals surface area contributed by atoms with Crippen LogP contribution in [-0.2, 0) is 0 Å². The first-order valence-electron chi connectivity index (χ1n) is 6.44. The first-order valence-corrected chi connectivity index (χ1v) is 6.44. The predicted octanol–water partition coefficient (Wildman–Crippen LogP) is 1.66. The number of piperidine rings is 1. The summed E-state index contributed by atoms with van der Waals surface area (Å²) >= 11 is 0. The largest absolute Gasteiger partial charge is 0.448 e. The molecule has 2 aromatic heterocycles. The van der Waals surface area contributed by atoms with Crippen molar-refractivity contribution >= 4 is 5.91 Å². The molecule has 19 heavy (non-hydrogen) atoms. The highest BCUT2D eigenvalue weighted by Gasteiger charge is 2.27. The summed E-state index contributed by atoms with van der Waals surface area (Å²) in [6, 6.07) is 2.16. The van der Waals surface area contributed by atoms with Crippen molar-refractivity contribution in [2.75, 3.05) is 13.1 Å². The van der Waals surface area contributed by atoms with Gasteiger partial charge in [-0.2, -0.15) is 5.10 Å². The summed E-state index contributed by atoms with van der Waals surface area (Å²) in [5, 5.41) is 4.26. The molecule has 1 aliphatic rings. The molecule has 1 atom stereocenters. The molecule has 0 aromatic carbocycles. The van der Waals surface area contributed by atoms with Crippen LogP contribution in [0.15, 0.2) is 29.3 Å². The number of aryl methyl sites for hydroxylation is 1. The fraction of sp³-hybridized carbons (Fsp3) is 0.462. The van der Waals surface area contributed by atoms with Gasteiger partial charge in [0, 0.05) is 25.5 Å². The fourth-order valence-corrected chi connectivity index (χ4v) is 2.51. The lowest BCUT2D eigenvalue weighted by Gasteiger charge is -2.32. The summed E-state index contributed by atoms with van der Waals surface area (Å²) < 4.78 is 7.03. The summed E-state index contributed by atoms with van der Waals surface area (Å²) in [5.41, 5.74) is 0.418. The van der Waals surface area contributed by atoms with Gasteiger partial charge in [-0.3, -0.25) is 9.48 Å². The molecular weight excluding hydrogens is 244 g/mol. The van der Waals surface area contributed by atoms with Crippen molar-refractivity contribution in [2.24, 2.45) is 0 Å². The summed E-state index contributed by atoms with van der Waals surface area (Å²) in [6.07, 6.45) is 7.05. The van der Waals surface area contributed by atoms with E-state index in [-0.39, 0.29) is 11.9 Å². The molecule has 3 heterocycles. The third-order valence-corrected chi connectivity index (χ3v) is 3.53. The van der Waals surface area contributed by atoms with Crippen LogP contribution in [0, 0.1) is 6.92 Å². The van der Waals surface area contributed by atoms with Gasteiger partial charge in [-0.15, -0.1) is 0 Å². The second-order valence-corrected chi connectivity index (χ2v) is 4.79. The molecule has 0 bridgehead atoms. The van der Waals surface area contributed by atoms with Crippen molar-refractivity contribution in [3.63, 3.8) is 0 Å². The molecule has 0 saturated carbocycles. The normalized spacial score (nSPS) is 19.6. The minimum absolute atomic E-state index is 0.0527. The Morgan fingerprint density at radius 3 is 3.11 bits per heavy atom. The van der Waals surface area contributed by atoms with Gasteiger partial charge < -0.3 is 9.32 Å². The van der Waals surface area contributed by atoms with Gasteiger partial charge in [0.05, 0.1) is 6.04 Å². The van der Waals surface area contributed by atoms with E-state index in [0.29, 0.717) is 18.0 Å². The smallest absolute Gasteiger partial charge is 0.276 e. The maximum absolute atomic E-state index is 12.4. The molecule has 1 fully saturated rings. The van der Waals surface area contributed by atoms with Crippen molar-refractivity contribution in [2.45, 2.75) is 25.8 Å². The van der Waals surface area contributed by atoms with Gasteiger partial charge in [0.2, 0.25) is 0 Å². The van der Waals surface area contributed by atoms with Crippen LogP contribution in [-0.4, -0.2) is 38.7 Å². The van der Waals surface area contributed by atoms with E-state index in [9.17, 15) is 4.79 Å². The van der Waals surface area contributed by atoms with Crippen molar-refractivity contribution in [1.82, 2.24) is 19.7 Å². The van der Waals surface area contributed by atoms with E-state index in [1.165, 1.54) is 6.39 Å². The second-order valence-electron chi connectivity index (χ2n) is 4.79. The topological polar surface area (TPSA) is 64.2 Å². The first kappa shape index (κ1) is 12.0. The molecule has 1 amide bonds. The maximum atomic E-state index is 12.4. The minimum Gasteiger partial charge on any atom is -0.448 e. The maximum Gasteiger partial charge on any atom is 0.276 e. The number of nitrogens with zero attached hydrogens (tertiary/aromatic N) is 4. The highest BCUT2D eigenvalue weighted by Crippen LogP contribution is 2.22. The lowest BCUT2D eigenvalue weighted by atomic mass is 10.1. The lowest BCUT2D eigenvalue weighted by molar-refractivity contribution is 0.0666. The average molecular weight is 260 g/mol. The van der Waals surface area contributed by atoms with Crippen molar-refractivity contribution in [3.8, 4) is 0 Å². The van der Waals surface area contributed by atoms with Crippen molar-refractivity contribution in [3.05, 3.63) is 36.3 Å². The Labute approximate surface area is 111 Å². The number of hydrogen-bond donors (Lipinski definition) is 0. The molecule has 0 unspecified atom stereocenters. The van der Waals surface area contributed by atoms with Gasteiger partial charge in [0.15, 0.2) is 12.1 Å². The number of rotatable bonds is 2. The zero-order valence-electron chi connectivity index (χ0n) is 10.8. The van der Waals surface area contributed by atoms with Crippen LogP contribution in [0.1, 0.15) is 35.1 Å². The molecule has 3 rings (SSSR count). The number of amides is 1. The predicted molar refractivity (Wildman–Crippen MR) is 67.6 cm³/mol. The first-order chi connectivity index (χ1) is 9.25. The van der Waals surface area contributed by atoms with Crippen LogP contribution in [0.4, 0.5) is 0 Å². The van der Waals surface area contributed by atoms with E-state index in [1.54, 1.807) is 13.1 Å². The van der Waals surface area contributed by atoms with Gasteiger partial charge >= 0.3 is 0 Å². The standard InChI is InChI=1S/C13H16N4O2/c1-10-12(14-9-19-10)13(18)16-6-2-4-11(8-16)17-7-3-5-15-17/h3,5,7,9,11H,2,4,6,8H2,1H3/t11-/m1/s1. The van der Waals surface area contributed by atoms with E-state index in [2.05, 4.69) is 10.1 Å². The number of aromatic nitrogens is 3. The van der Waals surface area contributed by atoms with Gasteiger partial charge in [0.25, 0.3) is 5.91 Å². The quantitative estimate of drug-likeness (QED) is 0.823. The minimum atomic E-state index is -0.0527. The van der Waals surface area contributed by atoms with Crippen LogP contribution in [0.25, 0.3) is 0 Å². The Kier molecular flexibility index (Phi) is 3.06. The Morgan fingerprint density at radius 2 is 2.42 bits per heavy atom. The molecule has 0 spiro atoms. The number of oxazole rings is 1. The summed E-state index contributed by atoms with van der Waals surface area (Å²) in [7, 11) is 0. The number of carbonyl (C=O) groups is 1. The van der Waals surface area contributed by atoms with Crippen LogP contribution >= 0.6 is 0 Å². The molecule has 0 radical (unpaired) electrons. The van der Waals surface area contributed by atoms with E-state index in [1.807, 2.05) is 21.8 Å². The van der Waals surface area contributed by atoms with E-state index >= 15 is 0 Å². The monoisotopic (exact) mass is 260 g/mol. The molecule has 0 N–H and O–H groups in total. The summed E-state index contributed by atoms with van der Waals surface area (Å²) in [4.78, 5) is 18.2. The number of carbonyl (C=O) groups excluding carboxylic acids is 1. The third-order valence-electron chi connectivity index (χ3n) is 3.53. The zero-order valence-corrected chi connectivity index (χ0v) is 10.8. The van der Waals surface area contributed by atoms with Gasteiger partial charge in [-0.25, -0.2) is 4.98 Å². The Bertz CT molecular complexity index is 561. The van der Waals surface area contributed by atoms with Gasteiger partial charge in [-0.05, 0) is 25.8 Å². The van der Waals surface area contributed by atoms with Crippen LogP contribution < -0.4 is 0 Å². The van der Waals surface area contributed by atoms with Crippen LogP contribution in [0.2, 0.25) is 0 Å². The molecule has 2 aromatic rings. The summed E-state index contributed by atoms with van der Waals surface area (Å²) in [5.74, 6) is 0.523. The van der Waals surface area contributed by atoms with Crippen molar-refractivity contribution < 1.29 is 9.21 Å². The number of hydrogen-bond acceptors (Lipinski definition) is 4. The van der Waals surface area contributed by atoms with Crippen LogP contribution in [0.5, 0.6) is 0 Å². The molecular formula is C13H16N4O2. The van der Waals surface area contributed by atoms with E-state index in [0.717, 1.165) is 19.4 Å². The molecule has 100 valence electrons. The van der Waals surface area contributed by atoms with Gasteiger partial charge in [0.1, 0.15) is 5.76 Å². The van der Waals surface area contributed by atoms with Crippen molar-refractivity contribution in [1.29, 1.82) is 0 Å². The molecule has 1 saturated heterocycles. The molecule has 6 nitrogen and oxygen atoms in total. The molecule has 6 heteroatoms. The highest BCUT2D eigenvalue weighted by atomic mass is 16.3. The fourth-order valence-electron chi connectivity index (χ4n) is 2.51. The Morgan fingerprint density at radius 1 is 1.53 bits per heavy atom. The average Bonchev–Trinajstić information content (AvgIpc) is 3.09. The van der Waals surface area contributed by atoms with E-state index < -0.39 is 0 Å². The second kappa shape index (κ2) is 4.87. The zero-order chi connectivity index (χ0) is 13.2. The number of likely N-dealkylation sites (tertiary alicyclic amines) is 1. The Balaban J connectivity index is 1.75. The van der Waals surface area contributed by atoms with Gasteiger partial charge in [-0.1, -0.05) is 0 Å². The Hall–Kier alpha value is -2.11. The molecule has 0 aliphatic carbocycles. The lowest BCUT2D eigenvalue weighted by Crippen LogP contribution is -2.41. The summed E-state index contributed by atoms with van der Waals surface area (Å²) in [6.45, 7) is 3.20. The highest BCUT2D eigenvalue weighted by molar-refractivity contribution is 5.93.